The molecule has 0 aliphatic carbocycles. The minimum Gasteiger partial charge on any atom is -0.493 e. The van der Waals surface area contributed by atoms with Gasteiger partial charge in [-0.2, -0.15) is 0 Å². The molecule has 0 radical (unpaired) electrons. The topological polar surface area (TPSA) is 66.6 Å². The number of benzene rings is 1. The molecule has 0 bridgehead atoms. The van der Waals surface area contributed by atoms with Gasteiger partial charge in [0.15, 0.2) is 17.3 Å². The molecule has 0 fully saturated rings. The number of nitrogen functional groups attached to an aromatic ring is 1. The van der Waals surface area contributed by atoms with E-state index in [1.165, 1.54) is 7.11 Å². The predicted molar refractivity (Wildman–Crippen MR) is 76.5 cm³/mol. The first-order valence-electron chi connectivity index (χ1n) is 6.12. The first-order chi connectivity index (χ1) is 10.0. The lowest BCUT2D eigenvalue weighted by Crippen LogP contribution is -2.01. The lowest BCUT2D eigenvalue weighted by Gasteiger charge is -2.11. The fraction of sp³-hybridized carbons (Fsp3) is 0.214. The van der Waals surface area contributed by atoms with Crippen molar-refractivity contribution in [3.63, 3.8) is 0 Å². The van der Waals surface area contributed by atoms with Crippen LogP contribution in [-0.4, -0.2) is 18.9 Å². The molecule has 0 spiro atoms. The number of fused-ring (bicyclic) bond motifs is 1. The highest BCUT2D eigenvalue weighted by Crippen LogP contribution is 2.45. The number of aromatic nitrogens is 1. The normalized spacial score (nSPS) is 12.6. The van der Waals surface area contributed by atoms with Gasteiger partial charge in [-0.1, -0.05) is 11.6 Å². The van der Waals surface area contributed by atoms with Crippen LogP contribution in [0.4, 0.5) is 10.1 Å². The molecule has 2 heterocycles. The lowest BCUT2D eigenvalue weighted by atomic mass is 10.1. The van der Waals surface area contributed by atoms with Gasteiger partial charge in [-0.05, 0) is 19.1 Å². The van der Waals surface area contributed by atoms with Crippen molar-refractivity contribution < 1.29 is 18.6 Å². The van der Waals surface area contributed by atoms with E-state index in [2.05, 4.69) is 4.98 Å². The zero-order chi connectivity index (χ0) is 15.1. The molecule has 0 amide bonds. The molecular formula is C14H12ClFN2O3. The monoisotopic (exact) mass is 310 g/mol. The zero-order valence-electron chi connectivity index (χ0n) is 11.4. The average molecular weight is 311 g/mol. The summed E-state index contributed by atoms with van der Waals surface area (Å²) in [6.45, 7) is 1.75. The Morgan fingerprint density at radius 2 is 2.14 bits per heavy atom. The minimum absolute atomic E-state index is 0.0889. The number of nitrogens with zero attached hydrogens (tertiary/aromatic N) is 1. The highest BCUT2D eigenvalue weighted by atomic mass is 35.5. The highest BCUT2D eigenvalue weighted by Gasteiger charge is 2.23. The molecule has 1 aliphatic heterocycles. The largest absolute Gasteiger partial charge is 0.493 e. The first-order valence-corrected chi connectivity index (χ1v) is 6.49. The maximum Gasteiger partial charge on any atom is 0.231 e. The molecule has 0 unspecified atom stereocenters. The van der Waals surface area contributed by atoms with Gasteiger partial charge in [0.1, 0.15) is 5.69 Å². The van der Waals surface area contributed by atoms with Crippen LogP contribution in [0.25, 0.3) is 11.3 Å². The number of pyridine rings is 1. The van der Waals surface area contributed by atoms with Gasteiger partial charge < -0.3 is 19.9 Å². The SMILES string of the molecule is COc1cc(-c2nc(C)c(Cl)c(N)c2F)cc2c1OCO2. The third kappa shape index (κ3) is 2.12. The van der Waals surface area contributed by atoms with Crippen LogP contribution < -0.4 is 19.9 Å². The molecule has 1 aromatic heterocycles. The molecule has 1 aliphatic rings. The number of nitrogens with two attached hydrogens (primary N) is 1. The van der Waals surface area contributed by atoms with E-state index >= 15 is 0 Å². The Balaban J connectivity index is 2.22. The molecule has 0 saturated carbocycles. The van der Waals surface area contributed by atoms with Crippen molar-refractivity contribution in [2.24, 2.45) is 0 Å². The van der Waals surface area contributed by atoms with Crippen LogP contribution in [-0.2, 0) is 0 Å². The molecule has 21 heavy (non-hydrogen) atoms. The first kappa shape index (κ1) is 13.8. The Labute approximate surface area is 125 Å². The van der Waals surface area contributed by atoms with Crippen LogP contribution >= 0.6 is 11.6 Å². The Bertz CT molecular complexity index is 737. The van der Waals surface area contributed by atoms with Crippen molar-refractivity contribution in [2.75, 3.05) is 19.6 Å². The van der Waals surface area contributed by atoms with E-state index in [1.807, 2.05) is 0 Å². The summed E-state index contributed by atoms with van der Waals surface area (Å²) < 4.78 is 30.2. The second kappa shape index (κ2) is 4.96. The van der Waals surface area contributed by atoms with Crippen LogP contribution in [0.5, 0.6) is 17.2 Å². The van der Waals surface area contributed by atoms with Gasteiger partial charge in [-0.15, -0.1) is 0 Å². The van der Waals surface area contributed by atoms with Crippen molar-refractivity contribution in [1.29, 1.82) is 0 Å². The van der Waals surface area contributed by atoms with Crippen molar-refractivity contribution in [3.8, 4) is 28.5 Å². The number of rotatable bonds is 2. The Morgan fingerprint density at radius 3 is 2.86 bits per heavy atom. The molecule has 110 valence electrons. The van der Waals surface area contributed by atoms with Crippen LogP contribution in [0.15, 0.2) is 12.1 Å². The van der Waals surface area contributed by atoms with E-state index in [9.17, 15) is 4.39 Å². The highest BCUT2D eigenvalue weighted by molar-refractivity contribution is 6.33. The number of hydrogen-bond donors (Lipinski definition) is 1. The van der Waals surface area contributed by atoms with E-state index in [1.54, 1.807) is 19.1 Å². The summed E-state index contributed by atoms with van der Waals surface area (Å²) in [6, 6.07) is 3.24. The van der Waals surface area contributed by atoms with Crippen molar-refractivity contribution >= 4 is 17.3 Å². The molecule has 0 saturated heterocycles. The van der Waals surface area contributed by atoms with Crippen LogP contribution in [0.1, 0.15) is 5.69 Å². The van der Waals surface area contributed by atoms with Gasteiger partial charge in [0.2, 0.25) is 12.5 Å². The van der Waals surface area contributed by atoms with Gasteiger partial charge in [0.05, 0.1) is 23.5 Å². The van der Waals surface area contributed by atoms with E-state index in [0.717, 1.165) is 0 Å². The molecule has 7 heteroatoms. The standard InChI is InChI=1S/C14H12ClFN2O3/c1-6-10(15)12(17)11(16)13(18-6)7-3-8(19-2)14-9(4-7)20-5-21-14/h3-4H,5H2,1-2H3,(H2,17,18). The second-order valence-electron chi connectivity index (χ2n) is 4.50. The molecule has 2 N–H and O–H groups in total. The molecule has 3 rings (SSSR count). The second-order valence-corrected chi connectivity index (χ2v) is 4.88. The maximum absolute atomic E-state index is 14.3. The van der Waals surface area contributed by atoms with Gasteiger partial charge >= 0.3 is 0 Å². The molecule has 2 aromatic rings. The Morgan fingerprint density at radius 1 is 1.38 bits per heavy atom. The van der Waals surface area contributed by atoms with E-state index in [0.29, 0.717) is 28.5 Å². The zero-order valence-corrected chi connectivity index (χ0v) is 12.1. The summed E-state index contributed by atoms with van der Waals surface area (Å²) in [5, 5.41) is 0.115. The number of ether oxygens (including phenoxy) is 3. The van der Waals surface area contributed by atoms with E-state index in [-0.39, 0.29) is 23.2 Å². The van der Waals surface area contributed by atoms with Gasteiger partial charge in [-0.25, -0.2) is 9.37 Å². The lowest BCUT2D eigenvalue weighted by molar-refractivity contribution is 0.171. The maximum atomic E-state index is 14.3. The van der Waals surface area contributed by atoms with Gasteiger partial charge in [0, 0.05) is 5.56 Å². The van der Waals surface area contributed by atoms with Crippen molar-refractivity contribution in [2.45, 2.75) is 6.92 Å². The van der Waals surface area contributed by atoms with E-state index < -0.39 is 5.82 Å². The van der Waals surface area contributed by atoms with Crippen LogP contribution in [0.2, 0.25) is 5.02 Å². The van der Waals surface area contributed by atoms with Gasteiger partial charge in [0.25, 0.3) is 0 Å². The number of anilines is 1. The third-order valence-electron chi connectivity index (χ3n) is 3.21. The Kier molecular flexibility index (Phi) is 3.25. The Hall–Kier alpha value is -2.21. The fourth-order valence-corrected chi connectivity index (χ4v) is 2.27. The summed E-state index contributed by atoms with van der Waals surface area (Å²) in [4.78, 5) is 4.17. The molecule has 5 nitrogen and oxygen atoms in total. The molecule has 0 atom stereocenters. The predicted octanol–water partition coefficient (Wildman–Crippen LogP) is 3.17. The van der Waals surface area contributed by atoms with Crippen molar-refractivity contribution in [3.05, 3.63) is 28.7 Å². The average Bonchev–Trinajstić information content (AvgIpc) is 2.96. The summed E-state index contributed by atoms with van der Waals surface area (Å²) >= 11 is 5.90. The number of halogens is 2. The van der Waals surface area contributed by atoms with Crippen LogP contribution in [0, 0.1) is 12.7 Å². The number of methoxy groups -OCH3 is 1. The number of hydrogen-bond acceptors (Lipinski definition) is 5. The van der Waals surface area contributed by atoms with Crippen LogP contribution in [0.3, 0.4) is 0 Å². The van der Waals surface area contributed by atoms with Crippen molar-refractivity contribution in [1.82, 2.24) is 4.98 Å². The minimum atomic E-state index is -0.675. The smallest absolute Gasteiger partial charge is 0.231 e. The molecular weight excluding hydrogens is 299 g/mol. The molecule has 1 aromatic carbocycles. The third-order valence-corrected chi connectivity index (χ3v) is 3.69. The summed E-state index contributed by atoms with van der Waals surface area (Å²) in [7, 11) is 1.49. The summed E-state index contributed by atoms with van der Waals surface area (Å²) in [6.07, 6.45) is 0. The summed E-state index contributed by atoms with van der Waals surface area (Å²) in [5.74, 6) is 0.718. The van der Waals surface area contributed by atoms with Gasteiger partial charge in [-0.3, -0.25) is 0 Å². The fourth-order valence-electron chi connectivity index (χ4n) is 2.14. The quantitative estimate of drug-likeness (QED) is 0.923. The number of aryl methyl sites for hydroxylation is 1. The summed E-state index contributed by atoms with van der Waals surface area (Å²) in [5.41, 5.74) is 6.55. The van der Waals surface area contributed by atoms with E-state index in [4.69, 9.17) is 31.5 Å².